The fourth-order valence-corrected chi connectivity index (χ4v) is 3.51. The molecule has 0 aliphatic carbocycles. The van der Waals surface area contributed by atoms with Gasteiger partial charge in [-0.25, -0.2) is 8.42 Å². The molecule has 0 unspecified atom stereocenters. The van der Waals surface area contributed by atoms with Crippen molar-refractivity contribution in [3.05, 3.63) is 33.8 Å². The van der Waals surface area contributed by atoms with Crippen molar-refractivity contribution in [2.45, 2.75) is 6.92 Å². The number of benzene rings is 1. The summed E-state index contributed by atoms with van der Waals surface area (Å²) < 4.78 is 23.4. The van der Waals surface area contributed by atoms with E-state index in [-0.39, 0.29) is 30.5 Å². The minimum atomic E-state index is -2.96. The number of nitrogens with zero attached hydrogens (tertiary/aromatic N) is 1. The molecule has 1 aromatic rings. The third-order valence-electron chi connectivity index (χ3n) is 2.98. The zero-order valence-electron chi connectivity index (χ0n) is 10.0. The average molecular weight is 332 g/mol. The number of hydrogen-bond donors (Lipinski definition) is 0. The van der Waals surface area contributed by atoms with Crippen LogP contribution in [0.1, 0.15) is 15.9 Å². The van der Waals surface area contributed by atoms with E-state index in [2.05, 4.69) is 15.9 Å². The van der Waals surface area contributed by atoms with E-state index in [1.165, 1.54) is 0 Å². The second-order valence-electron chi connectivity index (χ2n) is 4.43. The van der Waals surface area contributed by atoms with Crippen LogP contribution in [0.4, 0.5) is 0 Å². The molecule has 1 fully saturated rings. The SMILES string of the molecule is Cc1ccc(Br)c(C(=O)N2CCS(=O)(=O)CC2)c1. The summed E-state index contributed by atoms with van der Waals surface area (Å²) in [6.07, 6.45) is 0. The highest BCUT2D eigenvalue weighted by atomic mass is 79.9. The molecule has 1 aliphatic heterocycles. The van der Waals surface area contributed by atoms with E-state index in [4.69, 9.17) is 0 Å². The van der Waals surface area contributed by atoms with Crippen LogP contribution < -0.4 is 0 Å². The molecule has 0 saturated carbocycles. The van der Waals surface area contributed by atoms with Crippen LogP contribution in [0.25, 0.3) is 0 Å². The lowest BCUT2D eigenvalue weighted by Crippen LogP contribution is -2.43. The zero-order valence-corrected chi connectivity index (χ0v) is 12.4. The summed E-state index contributed by atoms with van der Waals surface area (Å²) in [6.45, 7) is 2.48. The molecule has 0 spiro atoms. The number of hydrogen-bond acceptors (Lipinski definition) is 3. The number of carbonyl (C=O) groups is 1. The van der Waals surface area contributed by atoms with Crippen LogP contribution in [-0.4, -0.2) is 43.8 Å². The van der Waals surface area contributed by atoms with E-state index in [0.29, 0.717) is 5.56 Å². The summed E-state index contributed by atoms with van der Waals surface area (Å²) in [5, 5.41) is 0. The van der Waals surface area contributed by atoms with Crippen LogP contribution in [-0.2, 0) is 9.84 Å². The van der Waals surface area contributed by atoms with Crippen molar-refractivity contribution in [2.24, 2.45) is 0 Å². The van der Waals surface area contributed by atoms with Gasteiger partial charge in [0.05, 0.1) is 17.1 Å². The van der Waals surface area contributed by atoms with Gasteiger partial charge in [0, 0.05) is 17.6 Å². The van der Waals surface area contributed by atoms with Crippen molar-refractivity contribution in [1.29, 1.82) is 0 Å². The first-order valence-electron chi connectivity index (χ1n) is 5.65. The van der Waals surface area contributed by atoms with Gasteiger partial charge in [0.15, 0.2) is 9.84 Å². The Hall–Kier alpha value is -0.880. The second-order valence-corrected chi connectivity index (χ2v) is 7.59. The number of sulfone groups is 1. The molecule has 98 valence electrons. The second kappa shape index (κ2) is 5.01. The molecule has 0 N–H and O–H groups in total. The Morgan fingerprint density at radius 3 is 2.50 bits per heavy atom. The van der Waals surface area contributed by atoms with Gasteiger partial charge < -0.3 is 4.90 Å². The summed E-state index contributed by atoms with van der Waals surface area (Å²) in [6, 6.07) is 5.57. The zero-order chi connectivity index (χ0) is 13.3. The van der Waals surface area contributed by atoms with Crippen molar-refractivity contribution in [2.75, 3.05) is 24.6 Å². The molecular weight excluding hydrogens is 318 g/mol. The van der Waals surface area contributed by atoms with Gasteiger partial charge in [0.2, 0.25) is 0 Å². The number of halogens is 1. The average Bonchev–Trinajstić information content (AvgIpc) is 2.31. The van der Waals surface area contributed by atoms with Gasteiger partial charge in [-0.3, -0.25) is 4.79 Å². The number of rotatable bonds is 1. The van der Waals surface area contributed by atoms with E-state index < -0.39 is 9.84 Å². The topological polar surface area (TPSA) is 54.5 Å². The first-order chi connectivity index (χ1) is 8.39. The van der Waals surface area contributed by atoms with Crippen molar-refractivity contribution in [1.82, 2.24) is 4.90 Å². The maximum absolute atomic E-state index is 12.3. The highest BCUT2D eigenvalue weighted by Crippen LogP contribution is 2.20. The molecule has 0 bridgehead atoms. The fraction of sp³-hybridized carbons (Fsp3) is 0.417. The number of aryl methyl sites for hydroxylation is 1. The molecule has 1 saturated heterocycles. The third-order valence-corrected chi connectivity index (χ3v) is 5.28. The number of amides is 1. The van der Waals surface area contributed by atoms with Gasteiger partial charge in [0.1, 0.15) is 0 Å². The summed E-state index contributed by atoms with van der Waals surface area (Å²) in [5.41, 5.74) is 1.60. The fourth-order valence-electron chi connectivity index (χ4n) is 1.89. The Morgan fingerprint density at radius 2 is 1.89 bits per heavy atom. The smallest absolute Gasteiger partial charge is 0.255 e. The van der Waals surface area contributed by atoms with Crippen molar-refractivity contribution < 1.29 is 13.2 Å². The Kier molecular flexibility index (Phi) is 3.77. The lowest BCUT2D eigenvalue weighted by atomic mass is 10.1. The van der Waals surface area contributed by atoms with Crippen LogP contribution in [0, 0.1) is 6.92 Å². The van der Waals surface area contributed by atoms with Gasteiger partial charge in [-0.2, -0.15) is 0 Å². The highest BCUT2D eigenvalue weighted by molar-refractivity contribution is 9.10. The molecular formula is C12H14BrNO3S. The molecule has 4 nitrogen and oxygen atoms in total. The maximum Gasteiger partial charge on any atom is 0.255 e. The standard InChI is InChI=1S/C12H14BrNO3S/c1-9-2-3-11(13)10(8-9)12(15)14-4-6-18(16,17)7-5-14/h2-3,8H,4-7H2,1H3. The van der Waals surface area contributed by atoms with Gasteiger partial charge in [-0.15, -0.1) is 0 Å². The maximum atomic E-state index is 12.3. The lowest BCUT2D eigenvalue weighted by molar-refractivity contribution is 0.0769. The van der Waals surface area contributed by atoms with Crippen molar-refractivity contribution >= 4 is 31.7 Å². The summed E-state index contributed by atoms with van der Waals surface area (Å²) in [5.74, 6) is 0.00475. The lowest BCUT2D eigenvalue weighted by Gasteiger charge is -2.27. The summed E-state index contributed by atoms with van der Waals surface area (Å²) in [7, 11) is -2.96. The van der Waals surface area contributed by atoms with E-state index >= 15 is 0 Å². The van der Waals surface area contributed by atoms with Gasteiger partial charge >= 0.3 is 0 Å². The number of carbonyl (C=O) groups excluding carboxylic acids is 1. The summed E-state index contributed by atoms with van der Waals surface area (Å²) in [4.78, 5) is 13.9. The molecule has 2 rings (SSSR count). The van der Waals surface area contributed by atoms with Crippen LogP contribution in [0.2, 0.25) is 0 Å². The predicted octanol–water partition coefficient (Wildman–Crippen LogP) is 1.63. The first kappa shape index (κ1) is 13.5. The Bertz CT molecular complexity index is 569. The molecule has 1 aliphatic rings. The molecule has 1 amide bonds. The monoisotopic (exact) mass is 331 g/mol. The van der Waals surface area contributed by atoms with Gasteiger partial charge in [0.25, 0.3) is 5.91 Å². The third kappa shape index (κ3) is 2.92. The molecule has 1 heterocycles. The Labute approximate surface area is 115 Å². The van der Waals surface area contributed by atoms with Crippen LogP contribution >= 0.6 is 15.9 Å². The predicted molar refractivity (Wildman–Crippen MR) is 73.4 cm³/mol. The normalized spacial score (nSPS) is 18.7. The van der Waals surface area contributed by atoms with Crippen molar-refractivity contribution in [3.63, 3.8) is 0 Å². The minimum absolute atomic E-state index is 0.0577. The van der Waals surface area contributed by atoms with E-state index in [0.717, 1.165) is 10.0 Å². The van der Waals surface area contributed by atoms with Gasteiger partial charge in [-0.1, -0.05) is 11.6 Å². The molecule has 18 heavy (non-hydrogen) atoms. The molecule has 1 aromatic carbocycles. The Balaban J connectivity index is 2.20. The Morgan fingerprint density at radius 1 is 1.28 bits per heavy atom. The molecule has 6 heteroatoms. The van der Waals surface area contributed by atoms with Crippen molar-refractivity contribution in [3.8, 4) is 0 Å². The molecule has 0 aromatic heterocycles. The molecule has 0 atom stereocenters. The van der Waals surface area contributed by atoms with E-state index in [9.17, 15) is 13.2 Å². The summed E-state index contributed by atoms with van der Waals surface area (Å²) >= 11 is 3.35. The van der Waals surface area contributed by atoms with E-state index in [1.54, 1.807) is 4.90 Å². The largest absolute Gasteiger partial charge is 0.337 e. The first-order valence-corrected chi connectivity index (χ1v) is 8.26. The highest BCUT2D eigenvalue weighted by Gasteiger charge is 2.26. The van der Waals surface area contributed by atoms with Crippen LogP contribution in [0.3, 0.4) is 0 Å². The van der Waals surface area contributed by atoms with E-state index in [1.807, 2.05) is 25.1 Å². The molecule has 0 radical (unpaired) electrons. The van der Waals surface area contributed by atoms with Gasteiger partial charge in [-0.05, 0) is 35.0 Å². The van der Waals surface area contributed by atoms with Crippen LogP contribution in [0.15, 0.2) is 22.7 Å². The van der Waals surface area contributed by atoms with Crippen LogP contribution in [0.5, 0.6) is 0 Å². The quantitative estimate of drug-likeness (QED) is 0.785. The minimum Gasteiger partial charge on any atom is -0.337 e.